The van der Waals surface area contributed by atoms with Crippen molar-refractivity contribution in [3.8, 4) is 5.75 Å². The number of nitrogens with zero attached hydrogens (tertiary/aromatic N) is 2. The van der Waals surface area contributed by atoms with Crippen LogP contribution < -0.4 is 4.74 Å². The van der Waals surface area contributed by atoms with E-state index in [2.05, 4.69) is 16.5 Å². The zero-order chi connectivity index (χ0) is 14.5. The Morgan fingerprint density at radius 2 is 2.15 bits per heavy atom. The number of ketones is 1. The lowest BCUT2D eigenvalue weighted by molar-refractivity contribution is 0.101. The van der Waals surface area contributed by atoms with E-state index in [0.29, 0.717) is 18.7 Å². The van der Waals surface area contributed by atoms with Gasteiger partial charge in [-0.2, -0.15) is 0 Å². The topological polar surface area (TPSA) is 44.1 Å². The zero-order valence-electron chi connectivity index (χ0n) is 12.2. The molecule has 0 spiro atoms. The summed E-state index contributed by atoms with van der Waals surface area (Å²) >= 11 is 0. The predicted molar refractivity (Wildman–Crippen MR) is 78.3 cm³/mol. The van der Waals surface area contributed by atoms with Gasteiger partial charge in [-0.15, -0.1) is 0 Å². The van der Waals surface area contributed by atoms with Crippen molar-refractivity contribution in [1.29, 1.82) is 0 Å². The number of carbonyl (C=O) groups is 1. The summed E-state index contributed by atoms with van der Waals surface area (Å²) in [6.45, 7) is 6.89. The number of imidazole rings is 1. The van der Waals surface area contributed by atoms with Gasteiger partial charge in [0.05, 0.1) is 13.2 Å². The number of rotatable bonds is 6. The Hall–Kier alpha value is -2.10. The van der Waals surface area contributed by atoms with Gasteiger partial charge in [-0.05, 0) is 32.0 Å². The van der Waals surface area contributed by atoms with Gasteiger partial charge in [-0.3, -0.25) is 4.79 Å². The Bertz CT molecular complexity index is 602. The monoisotopic (exact) mass is 272 g/mol. The maximum absolute atomic E-state index is 11.5. The number of aryl methyl sites for hydroxylation is 1. The molecule has 2 aromatic rings. The number of carbonyl (C=O) groups excluding carboxylic acids is 1. The van der Waals surface area contributed by atoms with Gasteiger partial charge >= 0.3 is 0 Å². The summed E-state index contributed by atoms with van der Waals surface area (Å²) in [5.74, 6) is 1.92. The Morgan fingerprint density at radius 3 is 2.80 bits per heavy atom. The van der Waals surface area contributed by atoms with E-state index in [-0.39, 0.29) is 5.78 Å². The molecule has 0 fully saturated rings. The first kappa shape index (κ1) is 14.3. The lowest BCUT2D eigenvalue weighted by Crippen LogP contribution is -2.07. The molecule has 0 atom stereocenters. The van der Waals surface area contributed by atoms with Gasteiger partial charge in [-0.25, -0.2) is 4.98 Å². The molecular weight excluding hydrogens is 252 g/mol. The van der Waals surface area contributed by atoms with E-state index in [4.69, 9.17) is 4.74 Å². The quantitative estimate of drug-likeness (QED) is 0.759. The summed E-state index contributed by atoms with van der Waals surface area (Å²) < 4.78 is 7.73. The molecule has 0 aliphatic rings. The van der Waals surface area contributed by atoms with Gasteiger partial charge < -0.3 is 9.30 Å². The zero-order valence-corrected chi connectivity index (χ0v) is 12.2. The molecule has 0 aliphatic heterocycles. The van der Waals surface area contributed by atoms with E-state index in [1.54, 1.807) is 13.1 Å². The average molecular weight is 272 g/mol. The first-order chi connectivity index (χ1) is 9.65. The lowest BCUT2D eigenvalue weighted by Gasteiger charge is -2.13. The van der Waals surface area contributed by atoms with E-state index in [0.717, 1.165) is 23.6 Å². The van der Waals surface area contributed by atoms with E-state index in [9.17, 15) is 4.79 Å². The number of Topliss-reactive ketones (excluding diaryl/α,β-unsaturated/α-hetero) is 1. The van der Waals surface area contributed by atoms with Crippen LogP contribution >= 0.6 is 0 Å². The van der Waals surface area contributed by atoms with Crippen molar-refractivity contribution in [1.82, 2.24) is 9.55 Å². The van der Waals surface area contributed by atoms with Crippen molar-refractivity contribution in [3.63, 3.8) is 0 Å². The third-order valence-electron chi connectivity index (χ3n) is 3.23. The molecule has 1 heterocycles. The highest BCUT2D eigenvalue weighted by molar-refractivity contribution is 5.94. The summed E-state index contributed by atoms with van der Waals surface area (Å²) in [6.07, 6.45) is 4.63. The van der Waals surface area contributed by atoms with Crippen LogP contribution in [0.15, 0.2) is 30.6 Å². The minimum atomic E-state index is 0.0654. The standard InChI is InChI=1S/C16H20N2O2/c1-4-16-17-8-9-18(16)11-14-10-13(12(3)19)6-7-15(14)20-5-2/h6-10H,4-5,11H2,1-3H3. The second-order valence-corrected chi connectivity index (χ2v) is 4.64. The first-order valence-corrected chi connectivity index (χ1v) is 6.92. The van der Waals surface area contributed by atoms with Gasteiger partial charge in [0.25, 0.3) is 0 Å². The average Bonchev–Trinajstić information content (AvgIpc) is 2.88. The third-order valence-corrected chi connectivity index (χ3v) is 3.23. The fourth-order valence-corrected chi connectivity index (χ4v) is 2.20. The van der Waals surface area contributed by atoms with Crippen molar-refractivity contribution in [2.75, 3.05) is 6.61 Å². The molecule has 0 radical (unpaired) electrons. The van der Waals surface area contributed by atoms with Crippen LogP contribution in [0.5, 0.6) is 5.75 Å². The van der Waals surface area contributed by atoms with Crippen LogP contribution in [0, 0.1) is 0 Å². The van der Waals surface area contributed by atoms with Crippen molar-refractivity contribution in [2.45, 2.75) is 33.7 Å². The van der Waals surface area contributed by atoms with E-state index < -0.39 is 0 Å². The molecule has 1 aromatic carbocycles. The SMILES string of the molecule is CCOc1ccc(C(C)=O)cc1Cn1ccnc1CC. The molecule has 0 unspecified atom stereocenters. The van der Waals surface area contributed by atoms with Gasteiger partial charge in [0, 0.05) is 29.9 Å². The summed E-state index contributed by atoms with van der Waals surface area (Å²) in [7, 11) is 0. The van der Waals surface area contributed by atoms with Crippen LogP contribution in [0.2, 0.25) is 0 Å². The molecule has 0 bridgehead atoms. The fourth-order valence-electron chi connectivity index (χ4n) is 2.20. The highest BCUT2D eigenvalue weighted by atomic mass is 16.5. The molecule has 4 heteroatoms. The minimum Gasteiger partial charge on any atom is -0.494 e. The second-order valence-electron chi connectivity index (χ2n) is 4.64. The van der Waals surface area contributed by atoms with Crippen molar-refractivity contribution >= 4 is 5.78 Å². The Balaban J connectivity index is 2.36. The van der Waals surface area contributed by atoms with E-state index in [1.807, 2.05) is 31.3 Å². The molecule has 0 N–H and O–H groups in total. The molecule has 0 saturated heterocycles. The molecule has 106 valence electrons. The van der Waals surface area contributed by atoms with Gasteiger partial charge in [-0.1, -0.05) is 6.92 Å². The highest BCUT2D eigenvalue weighted by Crippen LogP contribution is 2.22. The van der Waals surface area contributed by atoms with Crippen molar-refractivity contribution < 1.29 is 9.53 Å². The van der Waals surface area contributed by atoms with Gasteiger partial charge in [0.1, 0.15) is 11.6 Å². The number of hydrogen-bond donors (Lipinski definition) is 0. The summed E-state index contributed by atoms with van der Waals surface area (Å²) in [5.41, 5.74) is 1.72. The summed E-state index contributed by atoms with van der Waals surface area (Å²) in [4.78, 5) is 15.9. The molecule has 2 rings (SSSR count). The van der Waals surface area contributed by atoms with E-state index >= 15 is 0 Å². The molecule has 0 amide bonds. The minimum absolute atomic E-state index is 0.0654. The second kappa shape index (κ2) is 6.37. The molecule has 0 aliphatic carbocycles. The van der Waals surface area contributed by atoms with Crippen LogP contribution in [-0.2, 0) is 13.0 Å². The Morgan fingerprint density at radius 1 is 1.35 bits per heavy atom. The number of benzene rings is 1. The summed E-state index contributed by atoms with van der Waals surface area (Å²) in [6, 6.07) is 5.59. The largest absolute Gasteiger partial charge is 0.494 e. The van der Waals surface area contributed by atoms with E-state index in [1.165, 1.54) is 0 Å². The molecule has 20 heavy (non-hydrogen) atoms. The van der Waals surface area contributed by atoms with Gasteiger partial charge in [0.15, 0.2) is 5.78 Å². The smallest absolute Gasteiger partial charge is 0.159 e. The van der Waals surface area contributed by atoms with Crippen LogP contribution in [0.4, 0.5) is 0 Å². The predicted octanol–water partition coefficient (Wildman–Crippen LogP) is 3.10. The van der Waals surface area contributed by atoms with Crippen molar-refractivity contribution in [2.24, 2.45) is 0 Å². The number of hydrogen-bond acceptors (Lipinski definition) is 3. The van der Waals surface area contributed by atoms with Crippen LogP contribution in [-0.4, -0.2) is 21.9 Å². The Labute approximate surface area is 119 Å². The first-order valence-electron chi connectivity index (χ1n) is 6.92. The Kier molecular flexibility index (Phi) is 4.56. The number of aromatic nitrogens is 2. The van der Waals surface area contributed by atoms with Gasteiger partial charge in [0.2, 0.25) is 0 Å². The molecule has 1 aromatic heterocycles. The van der Waals surface area contributed by atoms with Crippen molar-refractivity contribution in [3.05, 3.63) is 47.5 Å². The van der Waals surface area contributed by atoms with Crippen LogP contribution in [0.3, 0.4) is 0 Å². The molecular formula is C16H20N2O2. The number of ether oxygens (including phenoxy) is 1. The maximum atomic E-state index is 11.5. The maximum Gasteiger partial charge on any atom is 0.159 e. The fraction of sp³-hybridized carbons (Fsp3) is 0.375. The lowest BCUT2D eigenvalue weighted by atomic mass is 10.1. The van der Waals surface area contributed by atoms with Crippen LogP contribution in [0.25, 0.3) is 0 Å². The normalized spacial score (nSPS) is 10.6. The molecule has 0 saturated carbocycles. The third kappa shape index (κ3) is 3.07. The molecule has 4 nitrogen and oxygen atoms in total. The summed E-state index contributed by atoms with van der Waals surface area (Å²) in [5, 5.41) is 0. The highest BCUT2D eigenvalue weighted by Gasteiger charge is 2.10. The van der Waals surface area contributed by atoms with Crippen LogP contribution in [0.1, 0.15) is 42.5 Å².